The maximum absolute atomic E-state index is 12.6. The number of carbonyl (C=O) groups is 2. The lowest BCUT2D eigenvalue weighted by Crippen LogP contribution is -2.51. The van der Waals surface area contributed by atoms with Crippen LogP contribution in [0.1, 0.15) is 54.9 Å². The summed E-state index contributed by atoms with van der Waals surface area (Å²) >= 11 is 0. The zero-order valence-corrected chi connectivity index (χ0v) is 20.8. The van der Waals surface area contributed by atoms with E-state index in [1.54, 1.807) is 17.0 Å². The highest BCUT2D eigenvalue weighted by molar-refractivity contribution is 5.94. The fourth-order valence-electron chi connectivity index (χ4n) is 5.09. The van der Waals surface area contributed by atoms with Crippen molar-refractivity contribution in [3.63, 3.8) is 0 Å². The molecule has 2 aliphatic heterocycles. The molecule has 2 N–H and O–H groups in total. The number of aryl methyl sites for hydroxylation is 1. The highest BCUT2D eigenvalue weighted by Gasteiger charge is 2.29. The molecule has 0 atom stereocenters. The number of carbonyl (C=O) groups excluding carboxylic acids is 2. The van der Waals surface area contributed by atoms with Crippen molar-refractivity contribution in [2.75, 3.05) is 39.3 Å². The zero-order chi connectivity index (χ0) is 24.6. The summed E-state index contributed by atoms with van der Waals surface area (Å²) in [6.45, 7) is 6.03. The number of rotatable bonds is 7. The summed E-state index contributed by atoms with van der Waals surface area (Å²) in [7, 11) is 0. The van der Waals surface area contributed by atoms with Crippen molar-refractivity contribution in [2.45, 2.75) is 51.5 Å². The molecule has 35 heavy (non-hydrogen) atoms. The molecule has 0 radical (unpaired) electrons. The monoisotopic (exact) mass is 478 g/mol. The summed E-state index contributed by atoms with van der Waals surface area (Å²) in [5.74, 6) is -0.221. The van der Waals surface area contributed by atoms with Gasteiger partial charge in [0.25, 0.3) is 5.91 Å². The van der Waals surface area contributed by atoms with Crippen LogP contribution in [0.15, 0.2) is 48.5 Å². The molecule has 7 nitrogen and oxygen atoms in total. The van der Waals surface area contributed by atoms with Gasteiger partial charge in [-0.2, -0.15) is 0 Å². The van der Waals surface area contributed by atoms with Crippen molar-refractivity contribution < 1.29 is 14.8 Å². The van der Waals surface area contributed by atoms with E-state index in [4.69, 9.17) is 0 Å². The summed E-state index contributed by atoms with van der Waals surface area (Å²) in [4.78, 5) is 29.4. The number of hydroxylamine groups is 2. The van der Waals surface area contributed by atoms with Crippen LogP contribution in [0, 0.1) is 0 Å². The number of nitrogens with zero attached hydrogens (tertiary/aromatic N) is 3. The van der Waals surface area contributed by atoms with Crippen LogP contribution in [0.4, 0.5) is 4.79 Å². The van der Waals surface area contributed by atoms with Crippen LogP contribution in [0.25, 0.3) is 11.1 Å². The van der Waals surface area contributed by atoms with Crippen molar-refractivity contribution in [1.29, 1.82) is 0 Å². The van der Waals surface area contributed by atoms with E-state index >= 15 is 0 Å². The number of hydrogen-bond donors (Lipinski definition) is 2. The maximum atomic E-state index is 12.6. The standard InChI is InChI=1S/C28H38N4O3/c1-2-22-6-8-23(9-7-22)24-10-12-25(13-11-24)27(33)29-16-21-32(35)28(34)31-19-14-26(15-20-31)30-17-4-3-5-18-30/h6-13,26,35H,2-5,14-21H2,1H3,(H,29,33). The fraction of sp³-hybridized carbons (Fsp3) is 0.500. The van der Waals surface area contributed by atoms with Crippen LogP contribution in [0.2, 0.25) is 0 Å². The van der Waals surface area contributed by atoms with Gasteiger partial charge in [0.1, 0.15) is 0 Å². The second-order valence-electron chi connectivity index (χ2n) is 9.60. The second-order valence-corrected chi connectivity index (χ2v) is 9.60. The number of benzene rings is 2. The smallest absolute Gasteiger partial charge is 0.343 e. The molecule has 2 saturated heterocycles. The first kappa shape index (κ1) is 25.2. The number of likely N-dealkylation sites (tertiary alicyclic amines) is 2. The summed E-state index contributed by atoms with van der Waals surface area (Å²) in [5, 5.41) is 13.8. The minimum atomic E-state index is -0.380. The molecule has 2 fully saturated rings. The molecule has 0 unspecified atom stereocenters. The van der Waals surface area contributed by atoms with Crippen molar-refractivity contribution in [1.82, 2.24) is 20.2 Å². The predicted octanol–water partition coefficient (Wildman–Crippen LogP) is 4.41. The third kappa shape index (κ3) is 6.61. The minimum absolute atomic E-state index is 0.0541. The van der Waals surface area contributed by atoms with E-state index in [0.29, 0.717) is 24.7 Å². The molecular weight excluding hydrogens is 440 g/mol. The Labute approximate surface area is 208 Å². The lowest BCUT2D eigenvalue weighted by atomic mass is 10.0. The number of amides is 3. The molecule has 3 amide bonds. The molecule has 2 aromatic rings. The molecule has 4 rings (SSSR count). The third-order valence-electron chi connectivity index (χ3n) is 7.31. The largest absolute Gasteiger partial charge is 0.350 e. The van der Waals surface area contributed by atoms with Gasteiger partial charge in [0, 0.05) is 31.2 Å². The van der Waals surface area contributed by atoms with Crippen LogP contribution in [0.3, 0.4) is 0 Å². The summed E-state index contributed by atoms with van der Waals surface area (Å²) in [5.41, 5.74) is 4.02. The number of nitrogens with one attached hydrogen (secondary N) is 1. The third-order valence-corrected chi connectivity index (χ3v) is 7.31. The van der Waals surface area contributed by atoms with E-state index < -0.39 is 0 Å². The summed E-state index contributed by atoms with van der Waals surface area (Å²) < 4.78 is 0. The van der Waals surface area contributed by atoms with E-state index in [0.717, 1.165) is 35.5 Å². The fourth-order valence-corrected chi connectivity index (χ4v) is 5.09. The lowest BCUT2D eigenvalue weighted by molar-refractivity contribution is -0.0585. The SMILES string of the molecule is CCc1ccc(-c2ccc(C(=O)NCCN(O)C(=O)N3CCC(N4CCCCC4)CC3)cc2)cc1. The Bertz CT molecular complexity index is 963. The Balaban J connectivity index is 1.19. The predicted molar refractivity (Wildman–Crippen MR) is 137 cm³/mol. The molecule has 188 valence electrons. The Kier molecular flexibility index (Phi) is 8.77. The Hall–Kier alpha value is -2.90. The van der Waals surface area contributed by atoms with Crippen LogP contribution in [0.5, 0.6) is 0 Å². The first-order chi connectivity index (χ1) is 17.0. The van der Waals surface area contributed by atoms with E-state index in [2.05, 4.69) is 41.4 Å². The number of piperidine rings is 2. The average Bonchev–Trinajstić information content (AvgIpc) is 2.93. The Morgan fingerprint density at radius 2 is 1.51 bits per heavy atom. The van der Waals surface area contributed by atoms with Gasteiger partial charge < -0.3 is 15.1 Å². The molecule has 0 aliphatic carbocycles. The van der Waals surface area contributed by atoms with Crippen molar-refractivity contribution >= 4 is 11.9 Å². The van der Waals surface area contributed by atoms with Crippen molar-refractivity contribution in [3.05, 3.63) is 59.7 Å². The summed E-state index contributed by atoms with van der Waals surface area (Å²) in [6.07, 6.45) is 6.78. The van der Waals surface area contributed by atoms with Gasteiger partial charge in [0.2, 0.25) is 0 Å². The van der Waals surface area contributed by atoms with E-state index in [1.807, 2.05) is 12.1 Å². The Morgan fingerprint density at radius 3 is 2.11 bits per heavy atom. The van der Waals surface area contributed by atoms with Gasteiger partial charge >= 0.3 is 6.03 Å². The van der Waals surface area contributed by atoms with Crippen molar-refractivity contribution in [2.24, 2.45) is 0 Å². The minimum Gasteiger partial charge on any atom is -0.350 e. The molecule has 0 spiro atoms. The van der Waals surface area contributed by atoms with Crippen LogP contribution in [-0.4, -0.2) is 77.3 Å². The molecule has 0 saturated carbocycles. The first-order valence-corrected chi connectivity index (χ1v) is 13.0. The van der Waals surface area contributed by atoms with Gasteiger partial charge in [-0.25, -0.2) is 9.86 Å². The van der Waals surface area contributed by atoms with Crippen molar-refractivity contribution in [3.8, 4) is 11.1 Å². The highest BCUT2D eigenvalue weighted by Crippen LogP contribution is 2.22. The topological polar surface area (TPSA) is 76.1 Å². The number of urea groups is 1. The van der Waals surface area contributed by atoms with E-state index in [1.165, 1.54) is 37.9 Å². The van der Waals surface area contributed by atoms with Crippen LogP contribution < -0.4 is 5.32 Å². The lowest BCUT2D eigenvalue weighted by Gasteiger charge is -2.40. The number of hydrogen-bond acceptors (Lipinski definition) is 4. The second kappa shape index (κ2) is 12.2. The van der Waals surface area contributed by atoms with Gasteiger partial charge in [-0.3, -0.25) is 10.0 Å². The molecule has 2 heterocycles. The van der Waals surface area contributed by atoms with Gasteiger partial charge in [-0.15, -0.1) is 0 Å². The first-order valence-electron chi connectivity index (χ1n) is 13.0. The van der Waals surface area contributed by atoms with Gasteiger partial charge in [0.05, 0.1) is 6.54 Å². The highest BCUT2D eigenvalue weighted by atomic mass is 16.5. The van der Waals surface area contributed by atoms with Gasteiger partial charge in [-0.1, -0.05) is 49.7 Å². The van der Waals surface area contributed by atoms with E-state index in [-0.39, 0.29) is 25.0 Å². The zero-order valence-electron chi connectivity index (χ0n) is 20.8. The molecular formula is C28H38N4O3. The average molecular weight is 479 g/mol. The maximum Gasteiger partial charge on any atom is 0.343 e. The van der Waals surface area contributed by atoms with Gasteiger partial charge in [0.15, 0.2) is 0 Å². The van der Waals surface area contributed by atoms with Crippen LogP contribution in [-0.2, 0) is 6.42 Å². The Morgan fingerprint density at radius 1 is 0.914 bits per heavy atom. The van der Waals surface area contributed by atoms with E-state index in [9.17, 15) is 14.8 Å². The quantitative estimate of drug-likeness (QED) is 0.457. The molecule has 0 aromatic heterocycles. The molecule has 0 bridgehead atoms. The molecule has 2 aliphatic rings. The van der Waals surface area contributed by atoms with Crippen LogP contribution >= 0.6 is 0 Å². The molecule has 7 heteroatoms. The summed E-state index contributed by atoms with van der Waals surface area (Å²) in [6, 6.07) is 16.1. The van der Waals surface area contributed by atoms with Gasteiger partial charge in [-0.05, 0) is 74.0 Å². The molecule has 2 aromatic carbocycles. The normalized spacial score (nSPS) is 17.3.